The SMILES string of the molecule is Cc1c(N)nnc(-c2ccncc2)c1C. The second-order valence-corrected chi connectivity index (χ2v) is 3.42. The van der Waals surface area contributed by atoms with E-state index >= 15 is 0 Å². The molecule has 0 amide bonds. The summed E-state index contributed by atoms with van der Waals surface area (Å²) in [4.78, 5) is 3.97. The molecule has 2 heterocycles. The molecule has 0 radical (unpaired) electrons. The predicted molar refractivity (Wildman–Crippen MR) is 59.1 cm³/mol. The molecule has 2 aromatic rings. The van der Waals surface area contributed by atoms with Gasteiger partial charge in [-0.15, -0.1) is 10.2 Å². The third kappa shape index (κ3) is 1.66. The molecule has 0 aliphatic heterocycles. The fourth-order valence-electron chi connectivity index (χ4n) is 1.41. The van der Waals surface area contributed by atoms with E-state index in [2.05, 4.69) is 15.2 Å². The van der Waals surface area contributed by atoms with Crippen molar-refractivity contribution in [1.82, 2.24) is 15.2 Å². The van der Waals surface area contributed by atoms with Gasteiger partial charge < -0.3 is 5.73 Å². The first-order chi connectivity index (χ1) is 7.20. The van der Waals surface area contributed by atoms with Crippen LogP contribution in [-0.2, 0) is 0 Å². The molecule has 2 rings (SSSR count). The van der Waals surface area contributed by atoms with E-state index < -0.39 is 0 Å². The highest BCUT2D eigenvalue weighted by molar-refractivity contribution is 5.65. The molecule has 4 nitrogen and oxygen atoms in total. The number of aromatic nitrogens is 3. The van der Waals surface area contributed by atoms with Crippen molar-refractivity contribution in [3.63, 3.8) is 0 Å². The number of nitrogens with two attached hydrogens (primary N) is 1. The van der Waals surface area contributed by atoms with Gasteiger partial charge in [-0.2, -0.15) is 0 Å². The first-order valence-electron chi connectivity index (χ1n) is 4.70. The number of hydrogen-bond donors (Lipinski definition) is 1. The van der Waals surface area contributed by atoms with Gasteiger partial charge in [-0.3, -0.25) is 4.98 Å². The summed E-state index contributed by atoms with van der Waals surface area (Å²) in [6.45, 7) is 3.94. The molecule has 0 aromatic carbocycles. The molecule has 0 aliphatic carbocycles. The van der Waals surface area contributed by atoms with Crippen LogP contribution < -0.4 is 5.73 Å². The van der Waals surface area contributed by atoms with Crippen molar-refractivity contribution in [3.8, 4) is 11.3 Å². The van der Waals surface area contributed by atoms with Gasteiger partial charge >= 0.3 is 0 Å². The minimum atomic E-state index is 0.491. The van der Waals surface area contributed by atoms with Crippen LogP contribution in [0.2, 0.25) is 0 Å². The fourth-order valence-corrected chi connectivity index (χ4v) is 1.41. The molecule has 2 N–H and O–H groups in total. The number of nitrogen functional groups attached to an aromatic ring is 1. The molecular formula is C11H12N4. The first kappa shape index (κ1) is 9.58. The van der Waals surface area contributed by atoms with Crippen LogP contribution in [0.3, 0.4) is 0 Å². The molecule has 76 valence electrons. The van der Waals surface area contributed by atoms with Crippen LogP contribution in [0.4, 0.5) is 5.82 Å². The highest BCUT2D eigenvalue weighted by Crippen LogP contribution is 2.23. The number of hydrogen-bond acceptors (Lipinski definition) is 4. The lowest BCUT2D eigenvalue weighted by atomic mass is 10.1. The summed E-state index contributed by atoms with van der Waals surface area (Å²) in [5, 5.41) is 8.03. The lowest BCUT2D eigenvalue weighted by Crippen LogP contribution is -2.01. The zero-order valence-corrected chi connectivity index (χ0v) is 8.73. The van der Waals surface area contributed by atoms with E-state index in [1.807, 2.05) is 26.0 Å². The second kappa shape index (κ2) is 3.65. The molecule has 0 saturated carbocycles. The fraction of sp³-hybridized carbons (Fsp3) is 0.182. The van der Waals surface area contributed by atoms with Gasteiger partial charge in [0, 0.05) is 18.0 Å². The summed E-state index contributed by atoms with van der Waals surface area (Å²) in [5.74, 6) is 0.491. The molecule has 0 spiro atoms. The Morgan fingerprint density at radius 1 is 1.00 bits per heavy atom. The van der Waals surface area contributed by atoms with Crippen molar-refractivity contribution in [1.29, 1.82) is 0 Å². The average Bonchev–Trinajstić information content (AvgIpc) is 2.27. The monoisotopic (exact) mass is 200 g/mol. The van der Waals surface area contributed by atoms with Crippen molar-refractivity contribution in [3.05, 3.63) is 35.7 Å². The molecule has 0 unspecified atom stereocenters. The van der Waals surface area contributed by atoms with E-state index in [0.29, 0.717) is 5.82 Å². The Morgan fingerprint density at radius 2 is 1.67 bits per heavy atom. The largest absolute Gasteiger partial charge is 0.382 e. The molecule has 4 heteroatoms. The van der Waals surface area contributed by atoms with Crippen LogP contribution in [0.25, 0.3) is 11.3 Å². The number of pyridine rings is 1. The Balaban J connectivity index is 2.60. The lowest BCUT2D eigenvalue weighted by Gasteiger charge is -2.07. The maximum Gasteiger partial charge on any atom is 0.149 e. The molecule has 2 aromatic heterocycles. The van der Waals surface area contributed by atoms with Crippen LogP contribution in [0.5, 0.6) is 0 Å². The lowest BCUT2D eigenvalue weighted by molar-refractivity contribution is 1.01. The zero-order valence-electron chi connectivity index (χ0n) is 8.73. The standard InChI is InChI=1S/C11H12N4/c1-7-8(2)11(12)15-14-10(7)9-3-5-13-6-4-9/h3-6H,1-2H3,(H2,12,15). The maximum absolute atomic E-state index is 5.68. The van der Waals surface area contributed by atoms with E-state index in [0.717, 1.165) is 22.4 Å². The number of anilines is 1. The van der Waals surface area contributed by atoms with Crippen LogP contribution in [0.15, 0.2) is 24.5 Å². The second-order valence-electron chi connectivity index (χ2n) is 3.42. The van der Waals surface area contributed by atoms with E-state index in [9.17, 15) is 0 Å². The van der Waals surface area contributed by atoms with E-state index in [1.165, 1.54) is 0 Å². The Morgan fingerprint density at radius 3 is 2.33 bits per heavy atom. The van der Waals surface area contributed by atoms with Gasteiger partial charge in [0.05, 0.1) is 5.69 Å². The smallest absolute Gasteiger partial charge is 0.149 e. The van der Waals surface area contributed by atoms with Gasteiger partial charge in [-0.05, 0) is 37.1 Å². The summed E-state index contributed by atoms with van der Waals surface area (Å²) in [6.07, 6.45) is 3.48. The highest BCUT2D eigenvalue weighted by Gasteiger charge is 2.08. The summed E-state index contributed by atoms with van der Waals surface area (Å²) in [5.41, 5.74) is 9.61. The molecule has 0 saturated heterocycles. The topological polar surface area (TPSA) is 64.7 Å². The van der Waals surface area contributed by atoms with Crippen molar-refractivity contribution in [2.24, 2.45) is 0 Å². The van der Waals surface area contributed by atoms with Gasteiger partial charge in [0.2, 0.25) is 0 Å². The van der Waals surface area contributed by atoms with Crippen LogP contribution >= 0.6 is 0 Å². The summed E-state index contributed by atoms with van der Waals surface area (Å²) in [6, 6.07) is 3.82. The normalized spacial score (nSPS) is 10.3. The number of nitrogens with zero attached hydrogens (tertiary/aromatic N) is 3. The molecule has 15 heavy (non-hydrogen) atoms. The Kier molecular flexibility index (Phi) is 2.33. The molecule has 0 aliphatic rings. The van der Waals surface area contributed by atoms with Gasteiger partial charge in [-0.1, -0.05) is 0 Å². The van der Waals surface area contributed by atoms with Gasteiger partial charge in [0.25, 0.3) is 0 Å². The Hall–Kier alpha value is -1.97. The van der Waals surface area contributed by atoms with Crippen molar-refractivity contribution < 1.29 is 0 Å². The quantitative estimate of drug-likeness (QED) is 0.761. The van der Waals surface area contributed by atoms with Crippen LogP contribution in [0, 0.1) is 13.8 Å². The Labute approximate surface area is 88.2 Å². The van der Waals surface area contributed by atoms with Crippen LogP contribution in [0.1, 0.15) is 11.1 Å². The van der Waals surface area contributed by atoms with Crippen molar-refractivity contribution in [2.45, 2.75) is 13.8 Å². The highest BCUT2D eigenvalue weighted by atomic mass is 15.1. The number of rotatable bonds is 1. The van der Waals surface area contributed by atoms with E-state index in [-0.39, 0.29) is 0 Å². The maximum atomic E-state index is 5.68. The predicted octanol–water partition coefficient (Wildman–Crippen LogP) is 1.74. The third-order valence-corrected chi connectivity index (χ3v) is 2.51. The minimum absolute atomic E-state index is 0.491. The van der Waals surface area contributed by atoms with Crippen LogP contribution in [-0.4, -0.2) is 15.2 Å². The van der Waals surface area contributed by atoms with E-state index in [4.69, 9.17) is 5.73 Å². The van der Waals surface area contributed by atoms with Gasteiger partial charge in [0.1, 0.15) is 5.82 Å². The summed E-state index contributed by atoms with van der Waals surface area (Å²) in [7, 11) is 0. The molecule has 0 fully saturated rings. The molecular weight excluding hydrogens is 188 g/mol. The van der Waals surface area contributed by atoms with Crippen molar-refractivity contribution >= 4 is 5.82 Å². The molecule has 0 atom stereocenters. The summed E-state index contributed by atoms with van der Waals surface area (Å²) < 4.78 is 0. The molecule has 0 bridgehead atoms. The van der Waals surface area contributed by atoms with E-state index in [1.54, 1.807) is 12.4 Å². The Bertz CT molecular complexity index is 479. The van der Waals surface area contributed by atoms with Gasteiger partial charge in [-0.25, -0.2) is 0 Å². The van der Waals surface area contributed by atoms with Crippen molar-refractivity contribution in [2.75, 3.05) is 5.73 Å². The zero-order chi connectivity index (χ0) is 10.8. The third-order valence-electron chi connectivity index (χ3n) is 2.51. The first-order valence-corrected chi connectivity index (χ1v) is 4.70. The summed E-state index contributed by atoms with van der Waals surface area (Å²) >= 11 is 0. The van der Waals surface area contributed by atoms with Gasteiger partial charge in [0.15, 0.2) is 0 Å². The minimum Gasteiger partial charge on any atom is -0.382 e. The average molecular weight is 200 g/mol.